The van der Waals surface area contributed by atoms with Gasteiger partial charge in [0.05, 0.1) is 42.1 Å². The van der Waals surface area contributed by atoms with Crippen molar-refractivity contribution in [1.29, 1.82) is 5.41 Å². The predicted octanol–water partition coefficient (Wildman–Crippen LogP) is 4.77. The molecule has 8 nitrogen and oxygen atoms in total. The number of nitrogens with zero attached hydrogens (tertiary/aromatic N) is 3. The Kier molecular flexibility index (Phi) is 7.59. The van der Waals surface area contributed by atoms with Crippen LogP contribution in [0.1, 0.15) is 39.0 Å². The molecular weight excluding hydrogens is 404 g/mol. The van der Waals surface area contributed by atoms with E-state index in [-0.39, 0.29) is 6.04 Å². The molecule has 0 unspecified atom stereocenters. The van der Waals surface area contributed by atoms with Crippen LogP contribution in [0.15, 0.2) is 42.7 Å². The summed E-state index contributed by atoms with van der Waals surface area (Å²) in [5.74, 6) is 1.08. The minimum Gasteiger partial charge on any atom is -0.481 e. The summed E-state index contributed by atoms with van der Waals surface area (Å²) in [4.78, 5) is 13.3. The Hall–Kier alpha value is -3.68. The van der Waals surface area contributed by atoms with Crippen LogP contribution in [0.3, 0.4) is 0 Å². The van der Waals surface area contributed by atoms with E-state index in [2.05, 4.69) is 34.4 Å². The Morgan fingerprint density at radius 2 is 1.97 bits per heavy atom. The molecule has 0 aromatic carbocycles. The second-order valence-electron chi connectivity index (χ2n) is 7.55. The Balaban J connectivity index is 2.09. The molecule has 0 amide bonds. The summed E-state index contributed by atoms with van der Waals surface area (Å²) in [7, 11) is 1.60. The zero-order valence-corrected chi connectivity index (χ0v) is 19.2. The number of ether oxygens (including phenoxy) is 2. The SMILES string of the molecule is CCOc1ncccc1-c1cc(NCc2ccnc(OC)c2)c(NC(C)C)c(C(C)=N)n1. The summed E-state index contributed by atoms with van der Waals surface area (Å²) in [5.41, 5.74) is 5.07. The maximum absolute atomic E-state index is 8.36. The van der Waals surface area contributed by atoms with Crippen LogP contribution in [0.25, 0.3) is 11.3 Å². The quantitative estimate of drug-likeness (QED) is 0.395. The summed E-state index contributed by atoms with van der Waals surface area (Å²) >= 11 is 0. The van der Waals surface area contributed by atoms with Gasteiger partial charge in [0.15, 0.2) is 0 Å². The second-order valence-corrected chi connectivity index (χ2v) is 7.55. The van der Waals surface area contributed by atoms with Crippen molar-refractivity contribution < 1.29 is 9.47 Å². The molecular formula is C24H30N6O2. The molecule has 3 aromatic heterocycles. The van der Waals surface area contributed by atoms with Gasteiger partial charge in [-0.25, -0.2) is 15.0 Å². The number of anilines is 2. The van der Waals surface area contributed by atoms with Gasteiger partial charge >= 0.3 is 0 Å². The van der Waals surface area contributed by atoms with Crippen LogP contribution in [0.2, 0.25) is 0 Å². The highest BCUT2D eigenvalue weighted by Crippen LogP contribution is 2.34. The molecule has 0 saturated carbocycles. The molecule has 0 radical (unpaired) electrons. The molecule has 0 atom stereocenters. The van der Waals surface area contributed by atoms with Crippen molar-refractivity contribution in [2.45, 2.75) is 40.3 Å². The fraction of sp³-hybridized carbons (Fsp3) is 0.333. The first-order valence-electron chi connectivity index (χ1n) is 10.6. The van der Waals surface area contributed by atoms with E-state index in [1.54, 1.807) is 26.4 Å². The number of hydrogen-bond acceptors (Lipinski definition) is 8. The molecule has 0 bridgehead atoms. The highest BCUT2D eigenvalue weighted by molar-refractivity contribution is 6.03. The van der Waals surface area contributed by atoms with Crippen molar-refractivity contribution >= 4 is 17.1 Å². The Bertz CT molecular complexity index is 1080. The number of aromatic nitrogens is 3. The van der Waals surface area contributed by atoms with Gasteiger partial charge < -0.3 is 25.5 Å². The van der Waals surface area contributed by atoms with E-state index in [0.717, 1.165) is 22.5 Å². The van der Waals surface area contributed by atoms with Crippen molar-refractivity contribution in [2.24, 2.45) is 0 Å². The van der Waals surface area contributed by atoms with Gasteiger partial charge in [-0.05, 0) is 57.5 Å². The third kappa shape index (κ3) is 5.51. The topological polar surface area (TPSA) is 105 Å². The third-order valence-electron chi connectivity index (χ3n) is 4.63. The van der Waals surface area contributed by atoms with E-state index in [9.17, 15) is 0 Å². The third-order valence-corrected chi connectivity index (χ3v) is 4.63. The Morgan fingerprint density at radius 1 is 1.16 bits per heavy atom. The maximum atomic E-state index is 8.36. The smallest absolute Gasteiger partial charge is 0.222 e. The molecule has 0 spiro atoms. The normalized spacial score (nSPS) is 10.7. The van der Waals surface area contributed by atoms with Crippen molar-refractivity contribution in [3.05, 3.63) is 54.0 Å². The van der Waals surface area contributed by atoms with Gasteiger partial charge in [0.2, 0.25) is 11.8 Å². The molecule has 3 rings (SSSR count). The lowest BCUT2D eigenvalue weighted by molar-refractivity contribution is 0.328. The summed E-state index contributed by atoms with van der Waals surface area (Å²) in [6.45, 7) is 8.83. The van der Waals surface area contributed by atoms with E-state index in [4.69, 9.17) is 19.9 Å². The Labute approximate surface area is 189 Å². The lowest BCUT2D eigenvalue weighted by Gasteiger charge is -2.21. The van der Waals surface area contributed by atoms with Gasteiger partial charge in [-0.1, -0.05) is 0 Å². The molecule has 168 valence electrons. The van der Waals surface area contributed by atoms with Crippen LogP contribution in [0.5, 0.6) is 11.8 Å². The lowest BCUT2D eigenvalue weighted by Crippen LogP contribution is -2.17. The van der Waals surface area contributed by atoms with Gasteiger partial charge in [0.25, 0.3) is 0 Å². The number of pyridine rings is 3. The van der Waals surface area contributed by atoms with Gasteiger partial charge in [-0.2, -0.15) is 0 Å². The van der Waals surface area contributed by atoms with E-state index >= 15 is 0 Å². The minimum atomic E-state index is 0.166. The number of rotatable bonds is 10. The van der Waals surface area contributed by atoms with Crippen LogP contribution >= 0.6 is 0 Å². The second kappa shape index (κ2) is 10.6. The van der Waals surface area contributed by atoms with Crippen LogP contribution < -0.4 is 20.1 Å². The number of nitrogens with one attached hydrogen (secondary N) is 3. The van der Waals surface area contributed by atoms with Gasteiger partial charge in [-0.15, -0.1) is 0 Å². The number of hydrogen-bond donors (Lipinski definition) is 3. The van der Waals surface area contributed by atoms with E-state index in [1.165, 1.54) is 0 Å². The summed E-state index contributed by atoms with van der Waals surface area (Å²) in [6, 6.07) is 9.74. The van der Waals surface area contributed by atoms with Crippen molar-refractivity contribution in [1.82, 2.24) is 15.0 Å². The predicted molar refractivity (Wildman–Crippen MR) is 128 cm³/mol. The fourth-order valence-electron chi connectivity index (χ4n) is 3.24. The van der Waals surface area contributed by atoms with Crippen LogP contribution in [0.4, 0.5) is 11.4 Å². The summed E-state index contributed by atoms with van der Waals surface area (Å²) < 4.78 is 11.0. The van der Waals surface area contributed by atoms with Gasteiger partial charge in [-0.3, -0.25) is 0 Å². The van der Waals surface area contributed by atoms with E-state index in [1.807, 2.05) is 37.3 Å². The monoisotopic (exact) mass is 434 g/mol. The first-order valence-corrected chi connectivity index (χ1v) is 10.6. The molecule has 3 aromatic rings. The lowest BCUT2D eigenvalue weighted by atomic mass is 10.1. The first kappa shape index (κ1) is 23.0. The van der Waals surface area contributed by atoms with Crippen molar-refractivity contribution in [3.8, 4) is 23.0 Å². The molecule has 3 N–H and O–H groups in total. The molecule has 3 heterocycles. The molecule has 0 aliphatic rings. The van der Waals surface area contributed by atoms with E-state index in [0.29, 0.717) is 42.0 Å². The maximum Gasteiger partial charge on any atom is 0.222 e. The molecule has 0 aliphatic carbocycles. The summed E-state index contributed by atoms with van der Waals surface area (Å²) in [6.07, 6.45) is 3.42. The van der Waals surface area contributed by atoms with Gasteiger partial charge in [0, 0.05) is 31.0 Å². The molecule has 0 aliphatic heterocycles. The average molecular weight is 435 g/mol. The fourth-order valence-corrected chi connectivity index (χ4v) is 3.24. The summed E-state index contributed by atoms with van der Waals surface area (Å²) in [5, 5.41) is 15.3. The average Bonchev–Trinajstić information content (AvgIpc) is 2.78. The molecule has 32 heavy (non-hydrogen) atoms. The van der Waals surface area contributed by atoms with Crippen LogP contribution in [0, 0.1) is 5.41 Å². The zero-order valence-electron chi connectivity index (χ0n) is 19.2. The molecule has 0 fully saturated rings. The highest BCUT2D eigenvalue weighted by atomic mass is 16.5. The van der Waals surface area contributed by atoms with Crippen molar-refractivity contribution in [3.63, 3.8) is 0 Å². The van der Waals surface area contributed by atoms with Crippen LogP contribution in [-0.4, -0.2) is 40.4 Å². The van der Waals surface area contributed by atoms with E-state index < -0.39 is 0 Å². The number of methoxy groups -OCH3 is 1. The molecule has 0 saturated heterocycles. The Morgan fingerprint density at radius 3 is 2.66 bits per heavy atom. The zero-order chi connectivity index (χ0) is 23.1. The minimum absolute atomic E-state index is 0.166. The molecule has 8 heteroatoms. The largest absolute Gasteiger partial charge is 0.481 e. The highest BCUT2D eigenvalue weighted by Gasteiger charge is 2.18. The first-order chi connectivity index (χ1) is 15.4. The van der Waals surface area contributed by atoms with Crippen LogP contribution in [-0.2, 0) is 6.54 Å². The standard InChI is InChI=1S/C24H30N6O2/c1-6-32-24-18(8-7-10-27-24)19-13-20(23(29-15(2)3)22(30-19)16(4)25)28-14-17-9-11-26-21(12-17)31-5/h7-13,15,25,29H,6,14H2,1-5H3,(H,28,30). The van der Waals surface area contributed by atoms with Crippen molar-refractivity contribution in [2.75, 3.05) is 24.4 Å². The van der Waals surface area contributed by atoms with Gasteiger partial charge in [0.1, 0.15) is 5.69 Å².